The lowest BCUT2D eigenvalue weighted by Gasteiger charge is -2.36. The Hall–Kier alpha value is 1.14. The van der Waals surface area contributed by atoms with E-state index in [0.29, 0.717) is 10.2 Å². The monoisotopic (exact) mass is 262 g/mol. The van der Waals surface area contributed by atoms with Gasteiger partial charge in [-0.3, -0.25) is 0 Å². The minimum atomic E-state index is 0.485. The van der Waals surface area contributed by atoms with Crippen LogP contribution >= 0.6 is 41.2 Å². The molecule has 14 heavy (non-hydrogen) atoms. The normalized spacial score (nSPS) is 44.4. The second-order valence-corrected chi connectivity index (χ2v) is 10.9. The first-order chi connectivity index (χ1) is 6.67. The van der Waals surface area contributed by atoms with E-state index in [4.69, 9.17) is 0 Å². The molecular formula is C10H14S4. The summed E-state index contributed by atoms with van der Waals surface area (Å²) in [4.78, 5) is 0. The average molecular weight is 262 g/mol. The lowest BCUT2D eigenvalue weighted by molar-refractivity contribution is 0.286. The van der Waals surface area contributed by atoms with E-state index in [-0.39, 0.29) is 0 Å². The van der Waals surface area contributed by atoms with Gasteiger partial charge in [0, 0.05) is 0 Å². The maximum Gasteiger partial charge on any atom is 0.0542 e. The molecule has 2 fully saturated rings. The molecule has 0 aromatic carbocycles. The van der Waals surface area contributed by atoms with Crippen molar-refractivity contribution in [2.75, 3.05) is 0 Å². The van der Waals surface area contributed by atoms with E-state index in [2.05, 4.69) is 30.0 Å². The van der Waals surface area contributed by atoms with Gasteiger partial charge < -0.3 is 0 Å². The van der Waals surface area contributed by atoms with Crippen molar-refractivity contribution >= 4 is 41.2 Å². The molecule has 2 atom stereocenters. The van der Waals surface area contributed by atoms with Crippen LogP contribution in [0, 0.1) is 11.3 Å². The van der Waals surface area contributed by atoms with Gasteiger partial charge in [-0.05, 0) is 61.2 Å². The van der Waals surface area contributed by atoms with E-state index in [1.807, 2.05) is 30.4 Å². The second-order valence-electron chi connectivity index (χ2n) is 4.95. The fraction of sp³-hybridized carbons (Fsp3) is 0.800. The van der Waals surface area contributed by atoms with Gasteiger partial charge in [0.2, 0.25) is 0 Å². The molecule has 4 heteroatoms. The van der Waals surface area contributed by atoms with Gasteiger partial charge in [-0.15, -0.1) is 0 Å². The molecule has 0 N–H and O–H groups in total. The summed E-state index contributed by atoms with van der Waals surface area (Å²) in [7, 11) is 7.98. The molecule has 0 nitrogen and oxygen atoms in total. The van der Waals surface area contributed by atoms with Crippen LogP contribution < -0.4 is 0 Å². The first-order valence-electron chi connectivity index (χ1n) is 5.04. The first kappa shape index (κ1) is 10.3. The maximum atomic E-state index is 2.49. The molecule has 1 spiro atoms. The lowest BCUT2D eigenvalue weighted by Crippen LogP contribution is -2.34. The highest BCUT2D eigenvalue weighted by molar-refractivity contribution is 9.26. The fourth-order valence-electron chi connectivity index (χ4n) is 3.26. The molecule has 2 saturated carbocycles. The van der Waals surface area contributed by atoms with Crippen molar-refractivity contribution in [3.05, 3.63) is 11.0 Å². The Morgan fingerprint density at radius 1 is 1.36 bits per heavy atom. The van der Waals surface area contributed by atoms with Crippen LogP contribution in [0.2, 0.25) is 0 Å². The first-order valence-corrected chi connectivity index (χ1v) is 9.92. The van der Waals surface area contributed by atoms with Gasteiger partial charge in [-0.2, -0.15) is 0 Å². The van der Waals surface area contributed by atoms with Crippen molar-refractivity contribution in [3.8, 4) is 0 Å². The van der Waals surface area contributed by atoms with Gasteiger partial charge in [0.15, 0.2) is 0 Å². The Morgan fingerprint density at radius 2 is 2.21 bits per heavy atom. The zero-order chi connectivity index (χ0) is 9.81. The Morgan fingerprint density at radius 3 is 3.00 bits per heavy atom. The molecule has 0 aromatic rings. The molecule has 2 aliphatic carbocycles. The minimum absolute atomic E-state index is 0.485. The Balaban J connectivity index is 2.09. The Bertz CT molecular complexity index is 296. The Labute approximate surface area is 101 Å². The van der Waals surface area contributed by atoms with E-state index >= 15 is 0 Å². The molecule has 0 aromatic heterocycles. The van der Waals surface area contributed by atoms with Gasteiger partial charge in [-0.1, -0.05) is 35.4 Å². The quantitative estimate of drug-likeness (QED) is 0.554. The third-order valence-corrected chi connectivity index (χ3v) is 11.3. The molecule has 0 amide bonds. The lowest BCUT2D eigenvalue weighted by atomic mass is 9.81. The summed E-state index contributed by atoms with van der Waals surface area (Å²) < 4.78 is 0.485. The summed E-state index contributed by atoms with van der Waals surface area (Å²) in [5.41, 5.74) is 2.27. The number of fused-ring (bicyclic) bond motifs is 1. The Kier molecular flexibility index (Phi) is 2.44. The van der Waals surface area contributed by atoms with Gasteiger partial charge >= 0.3 is 0 Å². The van der Waals surface area contributed by atoms with Crippen molar-refractivity contribution < 1.29 is 0 Å². The molecular weight excluding hydrogens is 248 g/mol. The topological polar surface area (TPSA) is 0 Å². The van der Waals surface area contributed by atoms with E-state index < -0.39 is 0 Å². The average Bonchev–Trinajstić information content (AvgIpc) is 2.46. The number of hydrogen-bond donors (Lipinski definition) is 0. The molecule has 2 unspecified atom stereocenters. The van der Waals surface area contributed by atoms with Crippen LogP contribution in [-0.4, -0.2) is 4.75 Å². The fourth-order valence-corrected chi connectivity index (χ4v) is 10.6. The van der Waals surface area contributed by atoms with Crippen LogP contribution in [0.1, 0.15) is 33.1 Å². The van der Waals surface area contributed by atoms with Crippen LogP contribution in [-0.2, 0) is 0 Å². The predicted octanol–water partition coefficient (Wildman–Crippen LogP) is 5.14. The largest absolute Gasteiger partial charge is 0.0698 e. The zero-order valence-corrected chi connectivity index (χ0v) is 11.7. The van der Waals surface area contributed by atoms with Crippen LogP contribution in [0.4, 0.5) is 0 Å². The standard InChI is InChI=1S/C10H14S4/c1-9(2)7-3-4-10(9)8(5-7)6-11-13-14-12-10/h6-7H,3-5H2,1-2H3. The number of hydrogen-bond acceptors (Lipinski definition) is 4. The summed E-state index contributed by atoms with van der Waals surface area (Å²) >= 11 is 0. The molecule has 3 rings (SSSR count). The second kappa shape index (κ2) is 3.31. The van der Waals surface area contributed by atoms with Crippen molar-refractivity contribution in [1.82, 2.24) is 0 Å². The van der Waals surface area contributed by atoms with Crippen molar-refractivity contribution in [1.29, 1.82) is 0 Å². The van der Waals surface area contributed by atoms with E-state index in [0.717, 1.165) is 5.92 Å². The summed E-state index contributed by atoms with van der Waals surface area (Å²) in [5, 5.41) is 2.44. The smallest absolute Gasteiger partial charge is 0.0542 e. The molecule has 2 bridgehead atoms. The third kappa shape index (κ3) is 1.14. The van der Waals surface area contributed by atoms with Crippen molar-refractivity contribution in [2.45, 2.75) is 37.9 Å². The van der Waals surface area contributed by atoms with Gasteiger partial charge in [0.25, 0.3) is 0 Å². The highest BCUT2D eigenvalue weighted by Crippen LogP contribution is 2.73. The van der Waals surface area contributed by atoms with Crippen molar-refractivity contribution in [3.63, 3.8) is 0 Å². The van der Waals surface area contributed by atoms with Gasteiger partial charge in [0.1, 0.15) is 0 Å². The number of rotatable bonds is 0. The summed E-state index contributed by atoms with van der Waals surface area (Å²) in [6.45, 7) is 4.97. The van der Waals surface area contributed by atoms with Crippen LogP contribution in [0.5, 0.6) is 0 Å². The van der Waals surface area contributed by atoms with Crippen LogP contribution in [0.15, 0.2) is 11.0 Å². The highest BCUT2D eigenvalue weighted by Gasteiger charge is 2.62. The summed E-state index contributed by atoms with van der Waals surface area (Å²) in [6.07, 6.45) is 4.23. The molecule has 3 aliphatic rings. The molecule has 0 saturated heterocycles. The molecule has 1 aliphatic heterocycles. The SMILES string of the molecule is CC1(C)C2CCC13SSSSC=C3C2. The minimum Gasteiger partial charge on any atom is -0.0698 e. The molecule has 1 heterocycles. The van der Waals surface area contributed by atoms with Crippen LogP contribution in [0.25, 0.3) is 0 Å². The highest BCUT2D eigenvalue weighted by atomic mass is 33.7. The zero-order valence-electron chi connectivity index (χ0n) is 8.41. The predicted molar refractivity (Wildman–Crippen MR) is 72.3 cm³/mol. The summed E-state index contributed by atoms with van der Waals surface area (Å²) in [6, 6.07) is 0. The van der Waals surface area contributed by atoms with Crippen LogP contribution in [0.3, 0.4) is 0 Å². The maximum absolute atomic E-state index is 2.49. The summed E-state index contributed by atoms with van der Waals surface area (Å²) in [5.74, 6) is 0.950. The van der Waals surface area contributed by atoms with E-state index in [1.165, 1.54) is 19.3 Å². The van der Waals surface area contributed by atoms with Crippen molar-refractivity contribution in [2.24, 2.45) is 11.3 Å². The third-order valence-electron chi connectivity index (χ3n) is 4.33. The van der Waals surface area contributed by atoms with Gasteiger partial charge in [0.05, 0.1) is 4.75 Å². The van der Waals surface area contributed by atoms with Gasteiger partial charge in [-0.25, -0.2) is 0 Å². The van der Waals surface area contributed by atoms with E-state index in [9.17, 15) is 0 Å². The molecule has 78 valence electrons. The molecule has 0 radical (unpaired) electrons. The van der Waals surface area contributed by atoms with E-state index in [1.54, 1.807) is 5.57 Å².